The summed E-state index contributed by atoms with van der Waals surface area (Å²) in [7, 11) is 0. The van der Waals surface area contributed by atoms with E-state index in [1.54, 1.807) is 0 Å². The van der Waals surface area contributed by atoms with E-state index in [1.807, 2.05) is 11.8 Å². The van der Waals surface area contributed by atoms with Crippen LogP contribution in [0.25, 0.3) is 16.7 Å². The van der Waals surface area contributed by atoms with Gasteiger partial charge in [-0.1, -0.05) is 76.1 Å². The third-order valence-corrected chi connectivity index (χ3v) is 7.44. The fourth-order valence-electron chi connectivity index (χ4n) is 4.56. The van der Waals surface area contributed by atoms with Crippen molar-refractivity contribution in [1.29, 1.82) is 0 Å². The first-order valence-corrected chi connectivity index (χ1v) is 12.3. The van der Waals surface area contributed by atoms with Crippen molar-refractivity contribution >= 4 is 17.3 Å². The number of allylic oxidation sites excluding steroid dienone is 2. The number of nitrogens with two attached hydrogens (primary N) is 1. The van der Waals surface area contributed by atoms with Crippen LogP contribution in [0.4, 0.5) is 0 Å². The zero-order chi connectivity index (χ0) is 21.5. The Morgan fingerprint density at radius 3 is 2.57 bits per heavy atom. The summed E-state index contributed by atoms with van der Waals surface area (Å²) < 4.78 is 0. The van der Waals surface area contributed by atoms with Crippen molar-refractivity contribution < 1.29 is 0 Å². The minimum absolute atomic E-state index is 0.555. The molecule has 0 atom stereocenters. The molecule has 0 aliphatic heterocycles. The van der Waals surface area contributed by atoms with Crippen LogP contribution in [0.3, 0.4) is 0 Å². The van der Waals surface area contributed by atoms with Gasteiger partial charge in [-0.05, 0) is 76.1 Å². The first-order chi connectivity index (χ1) is 14.5. The van der Waals surface area contributed by atoms with Crippen LogP contribution in [-0.2, 0) is 13.0 Å². The zero-order valence-corrected chi connectivity index (χ0v) is 19.6. The first kappa shape index (κ1) is 22.9. The topological polar surface area (TPSA) is 26.0 Å². The molecule has 0 radical (unpaired) electrons. The highest BCUT2D eigenvalue weighted by atomic mass is 32.2. The highest BCUT2D eigenvalue weighted by Crippen LogP contribution is 2.35. The van der Waals surface area contributed by atoms with Crippen LogP contribution in [0.5, 0.6) is 0 Å². The van der Waals surface area contributed by atoms with E-state index in [1.165, 1.54) is 76.0 Å². The lowest BCUT2D eigenvalue weighted by Gasteiger charge is -2.22. The lowest BCUT2D eigenvalue weighted by Crippen LogP contribution is -2.08. The highest BCUT2D eigenvalue weighted by Gasteiger charge is 2.16. The second-order valence-electron chi connectivity index (χ2n) is 8.67. The molecule has 0 amide bonds. The van der Waals surface area contributed by atoms with E-state index >= 15 is 0 Å². The molecule has 1 nitrogen and oxygen atoms in total. The quantitative estimate of drug-likeness (QED) is 0.445. The van der Waals surface area contributed by atoms with Crippen molar-refractivity contribution in [2.24, 2.45) is 5.73 Å². The van der Waals surface area contributed by atoms with E-state index in [0.29, 0.717) is 6.54 Å². The van der Waals surface area contributed by atoms with Gasteiger partial charge in [-0.25, -0.2) is 0 Å². The van der Waals surface area contributed by atoms with Crippen LogP contribution in [0.2, 0.25) is 0 Å². The maximum Gasteiger partial charge on any atom is 0.0186 e. The molecule has 0 saturated heterocycles. The van der Waals surface area contributed by atoms with Gasteiger partial charge in [0.1, 0.15) is 0 Å². The zero-order valence-electron chi connectivity index (χ0n) is 18.8. The number of benzene rings is 2. The second kappa shape index (κ2) is 11.0. The summed E-state index contributed by atoms with van der Waals surface area (Å²) in [4.78, 5) is 1.29. The summed E-state index contributed by atoms with van der Waals surface area (Å²) in [5, 5.41) is 0.761. The number of rotatable bonds is 9. The molecule has 0 bridgehead atoms. The average Bonchev–Trinajstić information content (AvgIpc) is 2.74. The molecule has 2 N–H and O–H groups in total. The SMILES string of the molecule is C=C(Cc1cc(C)c(CN)c(-c2cccc(C(=C)CCC)c2)c1)SC1CCCCC1. The summed E-state index contributed by atoms with van der Waals surface area (Å²) in [5.41, 5.74) is 15.0. The first-order valence-electron chi connectivity index (χ1n) is 11.5. The van der Waals surface area contributed by atoms with Crippen molar-refractivity contribution in [2.45, 2.75) is 77.0 Å². The van der Waals surface area contributed by atoms with Crippen molar-refractivity contribution in [1.82, 2.24) is 0 Å². The predicted molar refractivity (Wildman–Crippen MR) is 136 cm³/mol. The Hall–Kier alpha value is -1.77. The van der Waals surface area contributed by atoms with Gasteiger partial charge < -0.3 is 5.73 Å². The Bertz CT molecular complexity index is 890. The van der Waals surface area contributed by atoms with Crippen LogP contribution < -0.4 is 5.73 Å². The minimum Gasteiger partial charge on any atom is -0.326 e. The standard InChI is InChI=1S/C28H37NS/c1-5-10-20(2)24-11-9-12-25(18-24)27-17-23(15-21(3)28(27)19-29)16-22(4)30-26-13-7-6-8-14-26/h9,11-12,15,17-18,26H,2,4-8,10,13-14,16,19,29H2,1,3H3. The van der Waals surface area contributed by atoms with Gasteiger partial charge in [0.05, 0.1) is 0 Å². The highest BCUT2D eigenvalue weighted by molar-refractivity contribution is 8.03. The number of thioether (sulfide) groups is 1. The molecule has 1 aliphatic carbocycles. The normalized spacial score (nSPS) is 14.6. The van der Waals surface area contributed by atoms with Crippen molar-refractivity contribution in [3.05, 3.63) is 76.7 Å². The molecule has 3 rings (SSSR count). The summed E-state index contributed by atoms with van der Waals surface area (Å²) in [6.07, 6.45) is 9.91. The molecule has 2 heteroatoms. The minimum atomic E-state index is 0.555. The Morgan fingerprint density at radius 2 is 1.87 bits per heavy atom. The molecular weight excluding hydrogens is 382 g/mol. The average molecular weight is 420 g/mol. The van der Waals surface area contributed by atoms with Crippen LogP contribution in [0, 0.1) is 6.92 Å². The number of hydrogen-bond acceptors (Lipinski definition) is 2. The van der Waals surface area contributed by atoms with Crippen molar-refractivity contribution in [3.63, 3.8) is 0 Å². The van der Waals surface area contributed by atoms with E-state index in [0.717, 1.165) is 24.5 Å². The lowest BCUT2D eigenvalue weighted by molar-refractivity contribution is 0.516. The summed E-state index contributed by atoms with van der Waals surface area (Å²) in [5.74, 6) is 0. The molecule has 2 aromatic rings. The Kier molecular flexibility index (Phi) is 8.41. The smallest absolute Gasteiger partial charge is 0.0186 e. The van der Waals surface area contributed by atoms with Gasteiger partial charge in [0.2, 0.25) is 0 Å². The van der Waals surface area contributed by atoms with Crippen LogP contribution in [0.1, 0.15) is 74.1 Å². The molecule has 0 spiro atoms. The predicted octanol–water partition coefficient (Wildman–Crippen LogP) is 8.06. The maximum absolute atomic E-state index is 6.17. The van der Waals surface area contributed by atoms with E-state index < -0.39 is 0 Å². The van der Waals surface area contributed by atoms with Gasteiger partial charge >= 0.3 is 0 Å². The molecule has 1 saturated carbocycles. The van der Waals surface area contributed by atoms with Gasteiger partial charge in [0, 0.05) is 18.2 Å². The van der Waals surface area contributed by atoms with E-state index in [9.17, 15) is 0 Å². The fraction of sp³-hybridized carbons (Fsp3) is 0.429. The number of hydrogen-bond donors (Lipinski definition) is 1. The van der Waals surface area contributed by atoms with E-state index in [-0.39, 0.29) is 0 Å². The maximum atomic E-state index is 6.17. The fourth-order valence-corrected chi connectivity index (χ4v) is 5.85. The Balaban J connectivity index is 1.85. The van der Waals surface area contributed by atoms with Gasteiger partial charge in [0.25, 0.3) is 0 Å². The van der Waals surface area contributed by atoms with Gasteiger partial charge in [0.15, 0.2) is 0 Å². The summed E-state index contributed by atoms with van der Waals surface area (Å²) >= 11 is 2.01. The molecule has 1 aliphatic rings. The molecule has 0 unspecified atom stereocenters. The van der Waals surface area contributed by atoms with E-state index in [2.05, 4.69) is 63.4 Å². The third-order valence-electron chi connectivity index (χ3n) is 6.16. The molecule has 160 valence electrons. The number of aryl methyl sites for hydroxylation is 1. The van der Waals surface area contributed by atoms with Crippen LogP contribution >= 0.6 is 11.8 Å². The Morgan fingerprint density at radius 1 is 1.10 bits per heavy atom. The molecular formula is C28H37NS. The van der Waals surface area contributed by atoms with Crippen molar-refractivity contribution in [3.8, 4) is 11.1 Å². The van der Waals surface area contributed by atoms with Gasteiger partial charge in [-0.2, -0.15) is 0 Å². The van der Waals surface area contributed by atoms with Crippen LogP contribution in [0.15, 0.2) is 54.5 Å². The monoisotopic (exact) mass is 419 g/mol. The third kappa shape index (κ3) is 5.89. The van der Waals surface area contributed by atoms with Gasteiger partial charge in [-0.15, -0.1) is 11.8 Å². The lowest BCUT2D eigenvalue weighted by atomic mass is 9.90. The molecule has 0 heterocycles. The molecule has 2 aromatic carbocycles. The summed E-state index contributed by atoms with van der Waals surface area (Å²) in [6, 6.07) is 13.4. The van der Waals surface area contributed by atoms with E-state index in [4.69, 9.17) is 5.73 Å². The van der Waals surface area contributed by atoms with Crippen molar-refractivity contribution in [2.75, 3.05) is 0 Å². The Labute approximate surface area is 187 Å². The van der Waals surface area contributed by atoms with Gasteiger partial charge in [-0.3, -0.25) is 0 Å². The largest absolute Gasteiger partial charge is 0.326 e. The van der Waals surface area contributed by atoms with Crippen LogP contribution in [-0.4, -0.2) is 5.25 Å². The second-order valence-corrected chi connectivity index (χ2v) is 10.2. The molecule has 1 fully saturated rings. The summed E-state index contributed by atoms with van der Waals surface area (Å²) in [6.45, 7) is 13.6. The molecule has 0 aromatic heterocycles. The molecule has 30 heavy (non-hydrogen) atoms.